The Kier molecular flexibility index (Phi) is 4.81. The number of aliphatic hydroxyl groups is 1. The lowest BCUT2D eigenvalue weighted by Gasteiger charge is -2.35. The van der Waals surface area contributed by atoms with Crippen LogP contribution in [0.15, 0.2) is 18.2 Å². The van der Waals surface area contributed by atoms with E-state index in [-0.39, 0.29) is 5.82 Å². The molecule has 0 saturated heterocycles. The number of hydrogen-bond donors (Lipinski definition) is 1. The Balaban J connectivity index is 2.22. The van der Waals surface area contributed by atoms with Gasteiger partial charge in [0.15, 0.2) is 0 Å². The van der Waals surface area contributed by atoms with Gasteiger partial charge < -0.3 is 10.0 Å². The van der Waals surface area contributed by atoms with Crippen LogP contribution in [0, 0.1) is 5.82 Å². The molecule has 2 nitrogen and oxygen atoms in total. The van der Waals surface area contributed by atoms with E-state index in [1.165, 1.54) is 25.3 Å². The van der Waals surface area contributed by atoms with Gasteiger partial charge in [-0.05, 0) is 44.4 Å². The molecule has 1 fully saturated rings. The number of benzene rings is 1. The number of halogens is 1. The normalized spacial score (nSPS) is 18.3. The van der Waals surface area contributed by atoms with E-state index in [1.807, 2.05) is 12.1 Å². The predicted octanol–water partition coefficient (Wildman–Crippen LogP) is 4.04. The van der Waals surface area contributed by atoms with Crippen LogP contribution in [0.2, 0.25) is 0 Å². The summed E-state index contributed by atoms with van der Waals surface area (Å²) >= 11 is 0. The van der Waals surface area contributed by atoms with Gasteiger partial charge in [-0.1, -0.05) is 25.3 Å². The largest absolute Gasteiger partial charge is 0.389 e. The van der Waals surface area contributed by atoms with Crippen LogP contribution in [0.25, 0.3) is 0 Å². The molecule has 0 heterocycles. The zero-order chi connectivity index (χ0) is 13.8. The maximum Gasteiger partial charge on any atom is 0.146 e. The molecular formula is C16H24FNO. The molecule has 1 aliphatic carbocycles. The number of nitrogens with zero attached hydrogens (tertiary/aromatic N) is 1. The van der Waals surface area contributed by atoms with Crippen molar-refractivity contribution < 1.29 is 9.50 Å². The Labute approximate surface area is 115 Å². The van der Waals surface area contributed by atoms with Crippen LogP contribution in [0.1, 0.15) is 57.6 Å². The van der Waals surface area contributed by atoms with Gasteiger partial charge in [0.25, 0.3) is 0 Å². The summed E-state index contributed by atoms with van der Waals surface area (Å²) in [6.45, 7) is 4.57. The topological polar surface area (TPSA) is 23.5 Å². The van der Waals surface area contributed by atoms with Crippen molar-refractivity contribution in [3.8, 4) is 0 Å². The van der Waals surface area contributed by atoms with Crippen molar-refractivity contribution in [3.05, 3.63) is 29.6 Å². The van der Waals surface area contributed by atoms with Crippen molar-refractivity contribution in [2.75, 3.05) is 11.4 Å². The van der Waals surface area contributed by atoms with Crippen molar-refractivity contribution in [3.63, 3.8) is 0 Å². The first-order valence-electron chi connectivity index (χ1n) is 7.37. The Morgan fingerprint density at radius 1 is 1.32 bits per heavy atom. The fourth-order valence-corrected chi connectivity index (χ4v) is 3.03. The SMILES string of the molecule is CCN(c1ccc([C@@H](C)O)cc1F)C1CCCCC1. The van der Waals surface area contributed by atoms with Crippen molar-refractivity contribution >= 4 is 5.69 Å². The summed E-state index contributed by atoms with van der Waals surface area (Å²) < 4.78 is 14.2. The third kappa shape index (κ3) is 3.27. The van der Waals surface area contributed by atoms with Crippen LogP contribution in [0.4, 0.5) is 10.1 Å². The monoisotopic (exact) mass is 265 g/mol. The van der Waals surface area contributed by atoms with Crippen LogP contribution in [0.3, 0.4) is 0 Å². The molecule has 106 valence electrons. The van der Waals surface area contributed by atoms with E-state index in [0.29, 0.717) is 17.3 Å². The van der Waals surface area contributed by atoms with E-state index in [1.54, 1.807) is 6.92 Å². The van der Waals surface area contributed by atoms with Gasteiger partial charge in [-0.15, -0.1) is 0 Å². The molecule has 19 heavy (non-hydrogen) atoms. The Hall–Kier alpha value is -1.09. The first kappa shape index (κ1) is 14.3. The Morgan fingerprint density at radius 3 is 2.53 bits per heavy atom. The highest BCUT2D eigenvalue weighted by molar-refractivity contribution is 5.50. The summed E-state index contributed by atoms with van der Waals surface area (Å²) in [5.41, 5.74) is 1.32. The second kappa shape index (κ2) is 6.38. The highest BCUT2D eigenvalue weighted by Crippen LogP contribution is 2.30. The lowest BCUT2D eigenvalue weighted by molar-refractivity contribution is 0.199. The van der Waals surface area contributed by atoms with Crippen LogP contribution in [-0.4, -0.2) is 17.7 Å². The number of rotatable bonds is 4. The molecule has 1 aliphatic rings. The van der Waals surface area contributed by atoms with Gasteiger partial charge in [0, 0.05) is 12.6 Å². The lowest BCUT2D eigenvalue weighted by atomic mass is 9.93. The summed E-state index contributed by atoms with van der Waals surface area (Å²) in [4.78, 5) is 2.18. The second-order valence-electron chi connectivity index (χ2n) is 5.46. The first-order valence-corrected chi connectivity index (χ1v) is 7.37. The molecule has 1 saturated carbocycles. The molecule has 0 aliphatic heterocycles. The standard InChI is InChI=1S/C16H24FNO/c1-3-18(14-7-5-4-6-8-14)16-10-9-13(12(2)19)11-15(16)17/h9-12,14,19H,3-8H2,1-2H3/t12-/m1/s1. The molecule has 1 atom stereocenters. The van der Waals surface area contributed by atoms with Crippen molar-refractivity contribution in [1.29, 1.82) is 0 Å². The van der Waals surface area contributed by atoms with Crippen molar-refractivity contribution in [2.24, 2.45) is 0 Å². The fraction of sp³-hybridized carbons (Fsp3) is 0.625. The maximum atomic E-state index is 14.2. The highest BCUT2D eigenvalue weighted by atomic mass is 19.1. The zero-order valence-corrected chi connectivity index (χ0v) is 11.9. The summed E-state index contributed by atoms with van der Waals surface area (Å²) in [5.74, 6) is -0.217. The molecule has 0 bridgehead atoms. The fourth-order valence-electron chi connectivity index (χ4n) is 3.03. The van der Waals surface area contributed by atoms with Gasteiger partial charge in [0.1, 0.15) is 5.82 Å². The molecule has 1 aromatic carbocycles. The molecule has 0 spiro atoms. The van der Waals surface area contributed by atoms with Gasteiger partial charge in [-0.2, -0.15) is 0 Å². The predicted molar refractivity (Wildman–Crippen MR) is 76.9 cm³/mol. The van der Waals surface area contributed by atoms with E-state index < -0.39 is 6.10 Å². The molecule has 0 radical (unpaired) electrons. The number of anilines is 1. The minimum absolute atomic E-state index is 0.217. The van der Waals surface area contributed by atoms with Crippen molar-refractivity contribution in [1.82, 2.24) is 0 Å². The Morgan fingerprint density at radius 2 is 2.00 bits per heavy atom. The van der Waals surface area contributed by atoms with E-state index in [0.717, 1.165) is 19.4 Å². The minimum atomic E-state index is -0.617. The summed E-state index contributed by atoms with van der Waals surface area (Å²) in [7, 11) is 0. The zero-order valence-electron chi connectivity index (χ0n) is 11.9. The minimum Gasteiger partial charge on any atom is -0.389 e. The van der Waals surface area contributed by atoms with Gasteiger partial charge >= 0.3 is 0 Å². The van der Waals surface area contributed by atoms with E-state index in [9.17, 15) is 9.50 Å². The third-order valence-electron chi connectivity index (χ3n) is 4.12. The summed E-state index contributed by atoms with van der Waals surface area (Å²) in [6.07, 6.45) is 5.49. The smallest absolute Gasteiger partial charge is 0.146 e. The molecule has 0 unspecified atom stereocenters. The van der Waals surface area contributed by atoms with E-state index >= 15 is 0 Å². The number of aliphatic hydroxyl groups excluding tert-OH is 1. The number of hydrogen-bond acceptors (Lipinski definition) is 2. The average molecular weight is 265 g/mol. The quantitative estimate of drug-likeness (QED) is 0.888. The van der Waals surface area contributed by atoms with Crippen LogP contribution in [-0.2, 0) is 0 Å². The van der Waals surface area contributed by atoms with Crippen LogP contribution in [0.5, 0.6) is 0 Å². The van der Waals surface area contributed by atoms with Gasteiger partial charge in [0.2, 0.25) is 0 Å². The summed E-state index contributed by atoms with van der Waals surface area (Å²) in [6, 6.07) is 5.57. The van der Waals surface area contributed by atoms with Gasteiger partial charge in [0.05, 0.1) is 11.8 Å². The van der Waals surface area contributed by atoms with Crippen molar-refractivity contribution in [2.45, 2.75) is 58.1 Å². The van der Waals surface area contributed by atoms with Gasteiger partial charge in [-0.25, -0.2) is 4.39 Å². The van der Waals surface area contributed by atoms with Crippen LogP contribution >= 0.6 is 0 Å². The first-order chi connectivity index (χ1) is 9.13. The van der Waals surface area contributed by atoms with E-state index in [2.05, 4.69) is 11.8 Å². The summed E-state index contributed by atoms with van der Waals surface area (Å²) in [5, 5.41) is 9.50. The van der Waals surface area contributed by atoms with E-state index in [4.69, 9.17) is 0 Å². The lowest BCUT2D eigenvalue weighted by Crippen LogP contribution is -2.37. The Bertz CT molecular complexity index is 413. The maximum absolute atomic E-state index is 14.2. The molecular weight excluding hydrogens is 241 g/mol. The molecule has 1 N–H and O–H groups in total. The second-order valence-corrected chi connectivity index (χ2v) is 5.46. The molecule has 0 amide bonds. The molecule has 1 aromatic rings. The van der Waals surface area contributed by atoms with Gasteiger partial charge in [-0.3, -0.25) is 0 Å². The molecule has 2 rings (SSSR count). The highest BCUT2D eigenvalue weighted by Gasteiger charge is 2.22. The molecule has 0 aromatic heterocycles. The molecule has 3 heteroatoms. The van der Waals surface area contributed by atoms with Crippen LogP contribution < -0.4 is 4.90 Å². The average Bonchev–Trinajstić information content (AvgIpc) is 2.42. The third-order valence-corrected chi connectivity index (χ3v) is 4.12.